The van der Waals surface area contributed by atoms with Crippen molar-refractivity contribution in [3.05, 3.63) is 30.4 Å². The maximum Gasteiger partial charge on any atom is 0.333 e. The van der Waals surface area contributed by atoms with E-state index in [1.54, 1.807) is 0 Å². The Labute approximate surface area is 167 Å². The molecule has 6 nitrogen and oxygen atoms in total. The summed E-state index contributed by atoms with van der Waals surface area (Å²) in [5.41, 5.74) is 0.663. The van der Waals surface area contributed by atoms with Crippen molar-refractivity contribution < 1.29 is 19.1 Å². The van der Waals surface area contributed by atoms with Crippen molar-refractivity contribution in [2.24, 2.45) is 0 Å². The molecule has 0 atom stereocenters. The number of hydrogen-bond donors (Lipinski definition) is 0. The molecule has 0 spiro atoms. The molecule has 1 aliphatic rings. The number of ether oxygens (including phenoxy) is 1. The number of imide groups is 2. The Morgan fingerprint density at radius 1 is 1.00 bits per heavy atom. The molecule has 0 unspecified atom stereocenters. The minimum absolute atomic E-state index is 0.0382. The zero-order valence-electron chi connectivity index (χ0n) is 13.6. The highest BCUT2D eigenvalue weighted by Crippen LogP contribution is 2.31. The van der Waals surface area contributed by atoms with Crippen molar-refractivity contribution in [1.29, 1.82) is 0 Å². The van der Waals surface area contributed by atoms with Crippen molar-refractivity contribution in [3.63, 3.8) is 0 Å². The summed E-state index contributed by atoms with van der Waals surface area (Å²) in [6, 6.07) is 3.04. The fourth-order valence-electron chi connectivity index (χ4n) is 2.15. The Morgan fingerprint density at radius 2 is 1.46 bits per heavy atom. The van der Waals surface area contributed by atoms with E-state index in [2.05, 4.69) is 45.2 Å². The topological polar surface area (TPSA) is 66.9 Å². The molecule has 0 radical (unpaired) electrons. The molecule has 1 saturated heterocycles. The van der Waals surface area contributed by atoms with Gasteiger partial charge >= 0.3 is 6.03 Å². The summed E-state index contributed by atoms with van der Waals surface area (Å²) in [6.07, 6.45) is 1.55. The molecule has 1 aliphatic heterocycles. The van der Waals surface area contributed by atoms with Crippen LogP contribution in [0.3, 0.4) is 0 Å². The van der Waals surface area contributed by atoms with E-state index in [4.69, 9.17) is 4.74 Å². The lowest BCUT2D eigenvalue weighted by Crippen LogP contribution is -2.52. The van der Waals surface area contributed by atoms with Crippen molar-refractivity contribution in [1.82, 2.24) is 9.80 Å². The minimum atomic E-state index is -0.632. The van der Waals surface area contributed by atoms with Crippen molar-refractivity contribution in [2.45, 2.75) is 20.0 Å². The normalized spacial score (nSPS) is 15.5. The van der Waals surface area contributed by atoms with Crippen LogP contribution < -0.4 is 4.74 Å². The second kappa shape index (κ2) is 7.38. The standard InChI is InChI=1S/C16H16I2N2O4/c1-8(2)24-13-11(17)6-9(7-12(13)18)5-10-14(21)19(3)16(23)20(4)15(10)22/h5-8H,1-4H3. The Hall–Kier alpha value is -1.17. The number of benzene rings is 1. The predicted octanol–water partition coefficient (Wildman–Crippen LogP) is 3.12. The molecule has 8 heteroatoms. The number of carbonyl (C=O) groups excluding carboxylic acids is 3. The lowest BCUT2D eigenvalue weighted by Gasteiger charge is -2.28. The molecule has 128 valence electrons. The van der Waals surface area contributed by atoms with Gasteiger partial charge in [-0.3, -0.25) is 19.4 Å². The third kappa shape index (κ3) is 3.73. The van der Waals surface area contributed by atoms with Gasteiger partial charge in [0.05, 0.1) is 13.2 Å². The SMILES string of the molecule is CC(C)Oc1c(I)cc(C=C2C(=O)N(C)C(=O)N(C)C2=O)cc1I. The molecule has 4 amide bonds. The van der Waals surface area contributed by atoms with Gasteiger partial charge in [-0.25, -0.2) is 4.79 Å². The molecular weight excluding hydrogens is 538 g/mol. The lowest BCUT2D eigenvalue weighted by molar-refractivity contribution is -0.134. The van der Waals surface area contributed by atoms with Crippen LogP contribution in [0.4, 0.5) is 4.79 Å². The smallest absolute Gasteiger partial charge is 0.333 e. The van der Waals surface area contributed by atoms with Gasteiger partial charge in [0.1, 0.15) is 11.3 Å². The molecule has 0 saturated carbocycles. The van der Waals surface area contributed by atoms with Crippen LogP contribution in [0.25, 0.3) is 6.08 Å². The number of rotatable bonds is 3. The number of likely N-dealkylation sites (N-methyl/N-ethyl adjacent to an activating group) is 2. The molecule has 0 N–H and O–H groups in total. The quantitative estimate of drug-likeness (QED) is 0.328. The first-order valence-electron chi connectivity index (χ1n) is 7.11. The van der Waals surface area contributed by atoms with Crippen LogP contribution in [0, 0.1) is 7.14 Å². The first-order chi connectivity index (χ1) is 11.1. The molecule has 2 rings (SSSR count). The highest BCUT2D eigenvalue weighted by Gasteiger charge is 2.37. The van der Waals surface area contributed by atoms with Gasteiger partial charge in [0.2, 0.25) is 0 Å². The summed E-state index contributed by atoms with van der Waals surface area (Å²) in [5.74, 6) is -0.426. The van der Waals surface area contributed by atoms with Crippen molar-refractivity contribution in [2.75, 3.05) is 14.1 Å². The van der Waals surface area contributed by atoms with Crippen LogP contribution in [-0.4, -0.2) is 47.8 Å². The highest BCUT2D eigenvalue weighted by atomic mass is 127. The van der Waals surface area contributed by atoms with Crippen molar-refractivity contribution >= 4 is 69.1 Å². The minimum Gasteiger partial charge on any atom is -0.489 e. The van der Waals surface area contributed by atoms with Gasteiger partial charge in [-0.1, -0.05) is 0 Å². The van der Waals surface area contributed by atoms with E-state index in [-0.39, 0.29) is 11.7 Å². The zero-order valence-corrected chi connectivity index (χ0v) is 17.9. The maximum absolute atomic E-state index is 12.2. The van der Waals surface area contributed by atoms with E-state index in [9.17, 15) is 14.4 Å². The monoisotopic (exact) mass is 554 g/mol. The average Bonchev–Trinajstić information content (AvgIpc) is 2.51. The van der Waals surface area contributed by atoms with Crippen molar-refractivity contribution in [3.8, 4) is 5.75 Å². The third-order valence-electron chi connectivity index (χ3n) is 3.33. The number of urea groups is 1. The van der Waals surface area contributed by atoms with E-state index in [0.29, 0.717) is 5.56 Å². The number of carbonyl (C=O) groups is 3. The molecule has 0 bridgehead atoms. The van der Waals surface area contributed by atoms with E-state index < -0.39 is 17.8 Å². The molecular formula is C16H16I2N2O4. The van der Waals surface area contributed by atoms with Crippen LogP contribution in [0.5, 0.6) is 5.75 Å². The summed E-state index contributed by atoms with van der Waals surface area (Å²) in [7, 11) is 2.71. The van der Waals surface area contributed by atoms with Gasteiger partial charge in [-0.2, -0.15) is 0 Å². The van der Waals surface area contributed by atoms with Crippen LogP contribution in [0.15, 0.2) is 17.7 Å². The molecule has 1 aromatic carbocycles. The number of barbiturate groups is 1. The number of amides is 4. The lowest BCUT2D eigenvalue weighted by atomic mass is 10.1. The highest BCUT2D eigenvalue weighted by molar-refractivity contribution is 14.1. The molecule has 1 aromatic rings. The fraction of sp³-hybridized carbons (Fsp3) is 0.312. The van der Waals surface area contributed by atoms with Crippen LogP contribution in [0.1, 0.15) is 19.4 Å². The molecule has 0 aliphatic carbocycles. The van der Waals surface area contributed by atoms with E-state index in [0.717, 1.165) is 22.7 Å². The summed E-state index contributed by atoms with van der Waals surface area (Å²) < 4.78 is 7.55. The summed E-state index contributed by atoms with van der Waals surface area (Å²) in [5, 5.41) is 0. The fourth-order valence-corrected chi connectivity index (χ4v) is 4.22. The van der Waals surface area contributed by atoms with Gasteiger partial charge in [0.25, 0.3) is 11.8 Å². The van der Waals surface area contributed by atoms with Gasteiger partial charge < -0.3 is 4.74 Å². The van der Waals surface area contributed by atoms with E-state index >= 15 is 0 Å². The largest absolute Gasteiger partial charge is 0.489 e. The van der Waals surface area contributed by atoms with Gasteiger partial charge in [0, 0.05) is 14.1 Å². The third-order valence-corrected chi connectivity index (χ3v) is 4.93. The summed E-state index contributed by atoms with van der Waals surface area (Å²) in [6.45, 7) is 3.90. The van der Waals surface area contributed by atoms with E-state index in [1.807, 2.05) is 26.0 Å². The van der Waals surface area contributed by atoms with Crippen LogP contribution >= 0.6 is 45.2 Å². The first kappa shape index (κ1) is 19.2. The first-order valence-corrected chi connectivity index (χ1v) is 9.26. The molecule has 1 heterocycles. The average molecular weight is 554 g/mol. The number of halogens is 2. The van der Waals surface area contributed by atoms with Gasteiger partial charge in [0.15, 0.2) is 0 Å². The molecule has 1 fully saturated rings. The predicted molar refractivity (Wildman–Crippen MR) is 107 cm³/mol. The summed E-state index contributed by atoms with van der Waals surface area (Å²) in [4.78, 5) is 38.1. The second-order valence-corrected chi connectivity index (χ2v) is 7.87. The number of hydrogen-bond acceptors (Lipinski definition) is 4. The zero-order chi connectivity index (χ0) is 18.2. The molecule has 0 aromatic heterocycles. The van der Waals surface area contributed by atoms with Gasteiger partial charge in [-0.05, 0) is 82.8 Å². The van der Waals surface area contributed by atoms with Crippen LogP contribution in [0.2, 0.25) is 0 Å². The second-order valence-electron chi connectivity index (χ2n) is 5.55. The Balaban J connectivity index is 2.45. The number of nitrogens with zero attached hydrogens (tertiary/aromatic N) is 2. The van der Waals surface area contributed by atoms with Crippen LogP contribution in [-0.2, 0) is 9.59 Å². The summed E-state index contributed by atoms with van der Waals surface area (Å²) >= 11 is 4.31. The Kier molecular flexibility index (Phi) is 5.89. The van der Waals surface area contributed by atoms with E-state index in [1.165, 1.54) is 20.2 Å². The Bertz CT molecular complexity index is 709. The molecule has 24 heavy (non-hydrogen) atoms. The van der Waals surface area contributed by atoms with Gasteiger partial charge in [-0.15, -0.1) is 0 Å². The Morgan fingerprint density at radius 3 is 1.88 bits per heavy atom. The maximum atomic E-state index is 12.2.